The Morgan fingerprint density at radius 1 is 1.26 bits per heavy atom. The average Bonchev–Trinajstić information content (AvgIpc) is 2.34. The number of hydrogen-bond donors (Lipinski definition) is 1. The van der Waals surface area contributed by atoms with Gasteiger partial charge in [-0.25, -0.2) is 0 Å². The van der Waals surface area contributed by atoms with Crippen molar-refractivity contribution in [2.75, 3.05) is 0 Å². The van der Waals surface area contributed by atoms with Crippen molar-refractivity contribution in [2.24, 2.45) is 5.73 Å². The van der Waals surface area contributed by atoms with Crippen molar-refractivity contribution in [2.45, 2.75) is 51.4 Å². The van der Waals surface area contributed by atoms with Crippen LogP contribution >= 0.6 is 0 Å². The highest BCUT2D eigenvalue weighted by Gasteiger charge is 2.45. The monoisotopic (exact) mass is 275 g/mol. The fourth-order valence-corrected chi connectivity index (χ4v) is 1.70. The molecule has 0 bridgehead atoms. The van der Waals surface area contributed by atoms with Gasteiger partial charge in [0, 0.05) is 0 Å². The number of halogens is 3. The molecule has 0 aliphatic rings. The Morgan fingerprint density at radius 2 is 1.89 bits per heavy atom. The van der Waals surface area contributed by atoms with E-state index in [-0.39, 0.29) is 18.1 Å². The lowest BCUT2D eigenvalue weighted by atomic mass is 10.0. The molecule has 2 nitrogen and oxygen atoms in total. The molecular formula is C14H20F3NO. The van der Waals surface area contributed by atoms with Crippen molar-refractivity contribution in [1.82, 2.24) is 0 Å². The summed E-state index contributed by atoms with van der Waals surface area (Å²) in [6.45, 7) is 5.55. The summed E-state index contributed by atoms with van der Waals surface area (Å²) in [5.41, 5.74) is 6.44. The number of nitrogens with two attached hydrogens (primary N) is 1. The zero-order valence-electron chi connectivity index (χ0n) is 11.4. The third-order valence-electron chi connectivity index (χ3n) is 2.97. The van der Waals surface area contributed by atoms with E-state index >= 15 is 0 Å². The van der Waals surface area contributed by atoms with Gasteiger partial charge in [-0.2, -0.15) is 13.2 Å². The Hall–Kier alpha value is -1.23. The molecule has 2 N–H and O–H groups in total. The number of benzene rings is 1. The van der Waals surface area contributed by atoms with Gasteiger partial charge in [0.2, 0.25) is 6.10 Å². The van der Waals surface area contributed by atoms with Gasteiger partial charge in [0.05, 0.1) is 6.04 Å². The fraction of sp³-hybridized carbons (Fsp3) is 0.571. The van der Waals surface area contributed by atoms with Gasteiger partial charge in [-0.15, -0.1) is 0 Å². The molecule has 0 heterocycles. The van der Waals surface area contributed by atoms with Crippen LogP contribution in [0.4, 0.5) is 13.2 Å². The molecule has 0 fully saturated rings. The zero-order chi connectivity index (χ0) is 14.6. The van der Waals surface area contributed by atoms with Crippen LogP contribution in [0.1, 0.15) is 38.7 Å². The lowest BCUT2D eigenvalue weighted by Gasteiger charge is -2.26. The Bertz CT molecular complexity index is 404. The van der Waals surface area contributed by atoms with Crippen LogP contribution in [-0.4, -0.2) is 18.3 Å². The molecule has 1 rings (SSSR count). The van der Waals surface area contributed by atoms with Gasteiger partial charge in [-0.3, -0.25) is 0 Å². The highest BCUT2D eigenvalue weighted by atomic mass is 19.4. The van der Waals surface area contributed by atoms with Crippen molar-refractivity contribution in [3.8, 4) is 5.75 Å². The van der Waals surface area contributed by atoms with Crippen LogP contribution < -0.4 is 10.5 Å². The number of ether oxygens (including phenoxy) is 1. The normalized spacial score (nSPS) is 15.4. The van der Waals surface area contributed by atoms with Crippen molar-refractivity contribution in [1.29, 1.82) is 0 Å². The lowest BCUT2D eigenvalue weighted by molar-refractivity contribution is -0.200. The van der Waals surface area contributed by atoms with Crippen molar-refractivity contribution in [3.05, 3.63) is 29.8 Å². The van der Waals surface area contributed by atoms with Gasteiger partial charge in [-0.1, -0.05) is 32.9 Å². The van der Waals surface area contributed by atoms with E-state index in [1.54, 1.807) is 19.1 Å². The molecule has 108 valence electrons. The molecular weight excluding hydrogens is 255 g/mol. The standard InChI is InChI=1S/C14H20F3NO/c1-4-12(18)13(14(15,16)17)19-11-7-5-6-10(8-11)9(2)3/h5-9,12-13H,4,18H2,1-3H3. The third kappa shape index (κ3) is 4.42. The first-order valence-electron chi connectivity index (χ1n) is 6.34. The van der Waals surface area contributed by atoms with Crippen LogP contribution in [0.15, 0.2) is 24.3 Å². The van der Waals surface area contributed by atoms with Crippen LogP contribution in [0.2, 0.25) is 0 Å². The van der Waals surface area contributed by atoms with Crippen LogP contribution in [0.5, 0.6) is 5.75 Å². The van der Waals surface area contributed by atoms with E-state index in [2.05, 4.69) is 0 Å². The highest BCUT2D eigenvalue weighted by Crippen LogP contribution is 2.29. The van der Waals surface area contributed by atoms with Crippen LogP contribution in [0.3, 0.4) is 0 Å². The second-order valence-corrected chi connectivity index (χ2v) is 4.88. The van der Waals surface area contributed by atoms with Gasteiger partial charge in [-0.05, 0) is 30.0 Å². The molecule has 0 saturated carbocycles. The van der Waals surface area contributed by atoms with Crippen molar-refractivity contribution < 1.29 is 17.9 Å². The van der Waals surface area contributed by atoms with Gasteiger partial charge in [0.1, 0.15) is 5.75 Å². The first-order chi connectivity index (χ1) is 8.75. The van der Waals surface area contributed by atoms with Gasteiger partial charge >= 0.3 is 6.18 Å². The largest absolute Gasteiger partial charge is 0.479 e. The van der Waals surface area contributed by atoms with Crippen molar-refractivity contribution >= 4 is 0 Å². The summed E-state index contributed by atoms with van der Waals surface area (Å²) in [4.78, 5) is 0. The first kappa shape index (κ1) is 15.8. The highest BCUT2D eigenvalue weighted by molar-refractivity contribution is 5.30. The molecule has 19 heavy (non-hydrogen) atoms. The minimum atomic E-state index is -4.47. The summed E-state index contributed by atoms with van der Waals surface area (Å²) in [5.74, 6) is 0.435. The maximum Gasteiger partial charge on any atom is 0.426 e. The predicted molar refractivity (Wildman–Crippen MR) is 69.3 cm³/mol. The summed E-state index contributed by atoms with van der Waals surface area (Å²) in [6.07, 6.45) is -6.24. The molecule has 0 amide bonds. The number of alkyl halides is 3. The van der Waals surface area contributed by atoms with Gasteiger partial charge < -0.3 is 10.5 Å². The summed E-state index contributed by atoms with van der Waals surface area (Å²) >= 11 is 0. The van der Waals surface area contributed by atoms with Gasteiger partial charge in [0.25, 0.3) is 0 Å². The van der Waals surface area contributed by atoms with Crippen LogP contribution in [0, 0.1) is 0 Å². The molecule has 0 aliphatic carbocycles. The third-order valence-corrected chi connectivity index (χ3v) is 2.97. The maximum atomic E-state index is 12.9. The Balaban J connectivity index is 2.94. The molecule has 1 aromatic rings. The topological polar surface area (TPSA) is 35.2 Å². The fourth-order valence-electron chi connectivity index (χ4n) is 1.70. The van der Waals surface area contributed by atoms with E-state index in [0.29, 0.717) is 0 Å². The smallest absolute Gasteiger partial charge is 0.426 e. The molecule has 2 atom stereocenters. The quantitative estimate of drug-likeness (QED) is 0.885. The predicted octanol–water partition coefficient (Wildman–Crippen LogP) is 3.86. The molecule has 0 radical (unpaired) electrons. The van der Waals surface area contributed by atoms with Crippen LogP contribution in [0.25, 0.3) is 0 Å². The first-order valence-corrected chi connectivity index (χ1v) is 6.34. The Kier molecular flexibility index (Phi) is 5.23. The number of rotatable bonds is 5. The summed E-state index contributed by atoms with van der Waals surface area (Å²) in [5, 5.41) is 0. The summed E-state index contributed by atoms with van der Waals surface area (Å²) in [7, 11) is 0. The van der Waals surface area contributed by atoms with Crippen LogP contribution in [-0.2, 0) is 0 Å². The van der Waals surface area contributed by atoms with E-state index in [9.17, 15) is 13.2 Å². The Morgan fingerprint density at radius 3 is 2.37 bits per heavy atom. The molecule has 1 aromatic carbocycles. The van der Waals surface area contributed by atoms with E-state index in [0.717, 1.165) is 5.56 Å². The van der Waals surface area contributed by atoms with E-state index in [1.165, 1.54) is 6.07 Å². The molecule has 5 heteroatoms. The van der Waals surface area contributed by atoms with E-state index < -0.39 is 18.3 Å². The molecule has 0 spiro atoms. The maximum absolute atomic E-state index is 12.9. The second kappa shape index (κ2) is 6.28. The Labute approximate surface area is 111 Å². The number of hydrogen-bond acceptors (Lipinski definition) is 2. The molecule has 0 aromatic heterocycles. The SMILES string of the molecule is CCC(N)C(Oc1cccc(C(C)C)c1)C(F)(F)F. The van der Waals surface area contributed by atoms with E-state index in [1.807, 2.05) is 19.9 Å². The summed E-state index contributed by atoms with van der Waals surface area (Å²) in [6, 6.07) is 5.64. The molecule has 0 aliphatic heterocycles. The average molecular weight is 275 g/mol. The minimum absolute atomic E-state index is 0.202. The van der Waals surface area contributed by atoms with Gasteiger partial charge in [0.15, 0.2) is 0 Å². The molecule has 2 unspecified atom stereocenters. The second-order valence-electron chi connectivity index (χ2n) is 4.88. The zero-order valence-corrected chi connectivity index (χ0v) is 11.4. The molecule has 0 saturated heterocycles. The minimum Gasteiger partial charge on any atom is -0.479 e. The summed E-state index contributed by atoms with van der Waals surface area (Å²) < 4.78 is 43.8. The van der Waals surface area contributed by atoms with E-state index in [4.69, 9.17) is 10.5 Å². The lowest BCUT2D eigenvalue weighted by Crippen LogP contribution is -2.48. The van der Waals surface area contributed by atoms with Crippen molar-refractivity contribution in [3.63, 3.8) is 0 Å².